The fourth-order valence-electron chi connectivity index (χ4n) is 2.24. The van der Waals surface area contributed by atoms with E-state index in [0.717, 1.165) is 16.9 Å². The summed E-state index contributed by atoms with van der Waals surface area (Å²) >= 11 is 6.19. The third kappa shape index (κ3) is 4.89. The molecule has 0 spiro atoms. The Hall–Kier alpha value is -2.20. The monoisotopic (exact) mass is 332 g/mol. The van der Waals surface area contributed by atoms with Crippen molar-refractivity contribution < 1.29 is 9.53 Å². The lowest BCUT2D eigenvalue weighted by atomic mass is 10.1. The lowest BCUT2D eigenvalue weighted by Crippen LogP contribution is -2.20. The normalized spacial score (nSPS) is 10.5. The van der Waals surface area contributed by atoms with Gasteiger partial charge in [-0.1, -0.05) is 17.7 Å². The molecule has 0 heterocycles. The fourth-order valence-corrected chi connectivity index (χ4v) is 2.61. The minimum atomic E-state index is -0.337. The average molecular weight is 333 g/mol. The highest BCUT2D eigenvalue weighted by Gasteiger charge is 2.09. The van der Waals surface area contributed by atoms with E-state index in [1.165, 1.54) is 0 Å². The fraction of sp³-hybridized carbons (Fsp3) is 0.278. The summed E-state index contributed by atoms with van der Waals surface area (Å²) in [5.41, 5.74) is 3.28. The molecule has 0 atom stereocenters. The molecule has 2 amide bonds. The maximum absolute atomic E-state index is 12.1. The number of hydrogen-bond donors (Lipinski definition) is 2. The summed E-state index contributed by atoms with van der Waals surface area (Å²) in [6, 6.07) is 10.7. The molecule has 0 aliphatic heterocycles. The summed E-state index contributed by atoms with van der Waals surface area (Å²) in [5, 5.41) is 6.09. The van der Waals surface area contributed by atoms with E-state index in [4.69, 9.17) is 16.3 Å². The molecule has 0 saturated heterocycles. The van der Waals surface area contributed by atoms with Gasteiger partial charge in [0.05, 0.1) is 16.8 Å². The van der Waals surface area contributed by atoms with Gasteiger partial charge in [0.2, 0.25) is 0 Å². The van der Waals surface area contributed by atoms with E-state index in [1.807, 2.05) is 52.0 Å². The molecule has 0 bridgehead atoms. The Labute approximate surface area is 141 Å². The van der Waals surface area contributed by atoms with E-state index in [2.05, 4.69) is 10.6 Å². The molecule has 2 aromatic rings. The van der Waals surface area contributed by atoms with Crippen LogP contribution in [0.25, 0.3) is 0 Å². The number of benzene rings is 2. The van der Waals surface area contributed by atoms with Crippen molar-refractivity contribution >= 4 is 29.0 Å². The highest BCUT2D eigenvalue weighted by molar-refractivity contribution is 6.34. The van der Waals surface area contributed by atoms with Crippen LogP contribution in [0.15, 0.2) is 36.4 Å². The molecular formula is C18H21ClN2O2. The zero-order valence-corrected chi connectivity index (χ0v) is 14.5. The van der Waals surface area contributed by atoms with Gasteiger partial charge < -0.3 is 15.4 Å². The van der Waals surface area contributed by atoms with Crippen LogP contribution in [-0.4, -0.2) is 12.1 Å². The number of anilines is 2. The lowest BCUT2D eigenvalue weighted by Gasteiger charge is -2.13. The second kappa shape index (κ2) is 7.38. The van der Waals surface area contributed by atoms with Crippen LogP contribution in [0.1, 0.15) is 25.0 Å². The molecule has 2 rings (SSSR count). The molecule has 5 heteroatoms. The number of halogens is 1. The third-order valence-electron chi connectivity index (χ3n) is 3.15. The van der Waals surface area contributed by atoms with E-state index in [0.29, 0.717) is 16.4 Å². The number of urea groups is 1. The Morgan fingerprint density at radius 2 is 1.74 bits per heavy atom. The number of ether oxygens (including phenoxy) is 1. The molecule has 122 valence electrons. The van der Waals surface area contributed by atoms with Crippen LogP contribution in [0.2, 0.25) is 5.02 Å². The number of aryl methyl sites for hydroxylation is 2. The van der Waals surface area contributed by atoms with E-state index in [1.54, 1.807) is 12.1 Å². The molecule has 2 aromatic carbocycles. The average Bonchev–Trinajstić information content (AvgIpc) is 2.44. The number of carbonyl (C=O) groups is 1. The molecule has 2 N–H and O–H groups in total. The molecule has 23 heavy (non-hydrogen) atoms. The van der Waals surface area contributed by atoms with Crippen LogP contribution < -0.4 is 15.4 Å². The standard InChI is InChI=1S/C18H21ClN2O2/c1-11(2)23-15-7-5-14(6-8-15)20-18(22)21-17-13(4)9-12(3)10-16(17)19/h5-11H,1-4H3,(H2,20,21,22). The van der Waals surface area contributed by atoms with Crippen molar-refractivity contribution in [2.45, 2.75) is 33.8 Å². The molecule has 0 fully saturated rings. The van der Waals surface area contributed by atoms with Crippen LogP contribution in [-0.2, 0) is 0 Å². The van der Waals surface area contributed by atoms with Crippen molar-refractivity contribution in [1.29, 1.82) is 0 Å². The third-order valence-corrected chi connectivity index (χ3v) is 3.45. The Balaban J connectivity index is 2.02. The number of carbonyl (C=O) groups excluding carboxylic acids is 1. The molecule has 4 nitrogen and oxygen atoms in total. The quantitative estimate of drug-likeness (QED) is 0.788. The zero-order chi connectivity index (χ0) is 17.0. The van der Waals surface area contributed by atoms with E-state index < -0.39 is 0 Å². The summed E-state index contributed by atoms with van der Waals surface area (Å²) in [6.45, 7) is 7.80. The van der Waals surface area contributed by atoms with Gasteiger partial charge in [-0.3, -0.25) is 0 Å². The van der Waals surface area contributed by atoms with Gasteiger partial charge in [0, 0.05) is 5.69 Å². The number of amides is 2. The van der Waals surface area contributed by atoms with Crippen LogP contribution >= 0.6 is 11.6 Å². The second-order valence-electron chi connectivity index (χ2n) is 5.71. The smallest absolute Gasteiger partial charge is 0.323 e. The maximum atomic E-state index is 12.1. The molecule has 0 saturated carbocycles. The summed E-state index contributed by atoms with van der Waals surface area (Å²) < 4.78 is 5.57. The van der Waals surface area contributed by atoms with Crippen molar-refractivity contribution in [2.24, 2.45) is 0 Å². The van der Waals surface area contributed by atoms with Crippen molar-refractivity contribution in [3.8, 4) is 5.75 Å². The van der Waals surface area contributed by atoms with Crippen molar-refractivity contribution in [3.05, 3.63) is 52.5 Å². The number of nitrogens with one attached hydrogen (secondary N) is 2. The first kappa shape index (κ1) is 17.2. The highest BCUT2D eigenvalue weighted by atomic mass is 35.5. The molecule has 0 unspecified atom stereocenters. The Kier molecular flexibility index (Phi) is 5.50. The first-order chi connectivity index (χ1) is 10.8. The topological polar surface area (TPSA) is 50.4 Å². The van der Waals surface area contributed by atoms with Crippen LogP contribution in [0.4, 0.5) is 16.2 Å². The van der Waals surface area contributed by atoms with Gasteiger partial charge in [-0.25, -0.2) is 4.79 Å². The van der Waals surface area contributed by atoms with Crippen LogP contribution in [0.5, 0.6) is 5.75 Å². The van der Waals surface area contributed by atoms with Gasteiger partial charge in [0.25, 0.3) is 0 Å². The van der Waals surface area contributed by atoms with Crippen molar-refractivity contribution in [2.75, 3.05) is 10.6 Å². The minimum absolute atomic E-state index is 0.115. The molecule has 0 radical (unpaired) electrons. The molecule has 0 aliphatic rings. The minimum Gasteiger partial charge on any atom is -0.491 e. The van der Waals surface area contributed by atoms with Crippen LogP contribution in [0.3, 0.4) is 0 Å². The predicted molar refractivity (Wildman–Crippen MR) is 95.8 cm³/mol. The number of rotatable bonds is 4. The van der Waals surface area contributed by atoms with Crippen LogP contribution in [0, 0.1) is 13.8 Å². The lowest BCUT2D eigenvalue weighted by molar-refractivity contribution is 0.242. The Morgan fingerprint density at radius 3 is 2.30 bits per heavy atom. The summed E-state index contributed by atoms with van der Waals surface area (Å²) in [4.78, 5) is 12.1. The van der Waals surface area contributed by atoms with Crippen molar-refractivity contribution in [3.63, 3.8) is 0 Å². The maximum Gasteiger partial charge on any atom is 0.323 e. The summed E-state index contributed by atoms with van der Waals surface area (Å²) in [6.07, 6.45) is 0.115. The zero-order valence-electron chi connectivity index (χ0n) is 13.7. The number of hydrogen-bond acceptors (Lipinski definition) is 2. The van der Waals surface area contributed by atoms with Crippen molar-refractivity contribution in [1.82, 2.24) is 0 Å². The van der Waals surface area contributed by atoms with Gasteiger partial charge >= 0.3 is 6.03 Å². The molecule has 0 aliphatic carbocycles. The van der Waals surface area contributed by atoms with Gasteiger partial charge in [0.15, 0.2) is 0 Å². The SMILES string of the molecule is Cc1cc(C)c(NC(=O)Nc2ccc(OC(C)C)cc2)c(Cl)c1. The first-order valence-corrected chi connectivity index (χ1v) is 7.84. The molecular weight excluding hydrogens is 312 g/mol. The first-order valence-electron chi connectivity index (χ1n) is 7.46. The Morgan fingerprint density at radius 1 is 1.09 bits per heavy atom. The molecule has 0 aromatic heterocycles. The van der Waals surface area contributed by atoms with Gasteiger partial charge in [-0.05, 0) is 69.2 Å². The second-order valence-corrected chi connectivity index (χ2v) is 6.12. The van der Waals surface area contributed by atoms with Gasteiger partial charge in [-0.15, -0.1) is 0 Å². The van der Waals surface area contributed by atoms with Gasteiger partial charge in [-0.2, -0.15) is 0 Å². The highest BCUT2D eigenvalue weighted by Crippen LogP contribution is 2.27. The van der Waals surface area contributed by atoms with E-state index >= 15 is 0 Å². The summed E-state index contributed by atoms with van der Waals surface area (Å²) in [7, 11) is 0. The van der Waals surface area contributed by atoms with E-state index in [9.17, 15) is 4.79 Å². The Bertz CT molecular complexity index is 674. The van der Waals surface area contributed by atoms with Gasteiger partial charge in [0.1, 0.15) is 5.75 Å². The summed E-state index contributed by atoms with van der Waals surface area (Å²) in [5.74, 6) is 0.767. The van der Waals surface area contributed by atoms with E-state index in [-0.39, 0.29) is 12.1 Å². The predicted octanol–water partition coefficient (Wildman–Crippen LogP) is 5.39. The largest absolute Gasteiger partial charge is 0.491 e.